The van der Waals surface area contributed by atoms with Gasteiger partial charge in [0.05, 0.1) is 11.8 Å². The van der Waals surface area contributed by atoms with Crippen LogP contribution in [0.2, 0.25) is 0 Å². The van der Waals surface area contributed by atoms with E-state index in [9.17, 15) is 4.39 Å². The Hall–Kier alpha value is -3.46. The van der Waals surface area contributed by atoms with E-state index in [1.54, 1.807) is 12.1 Å². The van der Waals surface area contributed by atoms with Crippen molar-refractivity contribution in [3.63, 3.8) is 0 Å². The molecule has 144 valence electrons. The first kappa shape index (κ1) is 18.9. The number of hydrazone groups is 1. The molecule has 0 aromatic heterocycles. The summed E-state index contributed by atoms with van der Waals surface area (Å²) in [5.41, 5.74) is 10.3. The van der Waals surface area contributed by atoms with Gasteiger partial charge in [0.2, 0.25) is 0 Å². The molecule has 1 aliphatic heterocycles. The highest BCUT2D eigenvalue weighted by atomic mass is 19.1. The number of benzene rings is 3. The average Bonchev–Trinajstić information content (AvgIpc) is 3.23. The third-order valence-corrected chi connectivity index (χ3v) is 5.19. The Bertz CT molecular complexity index is 1080. The Labute approximate surface area is 171 Å². The summed E-state index contributed by atoms with van der Waals surface area (Å²) in [5, 5.41) is 4.63. The monoisotopic (exact) mass is 382 g/mol. The maximum atomic E-state index is 14.0. The summed E-state index contributed by atoms with van der Waals surface area (Å²) in [4.78, 5) is 0. The van der Waals surface area contributed by atoms with E-state index >= 15 is 0 Å². The quantitative estimate of drug-likeness (QED) is 0.521. The molecule has 0 amide bonds. The van der Waals surface area contributed by atoms with E-state index < -0.39 is 0 Å². The highest BCUT2D eigenvalue weighted by Crippen LogP contribution is 2.33. The molecule has 0 saturated heterocycles. The zero-order valence-corrected chi connectivity index (χ0v) is 16.4. The number of hydrogen-bond acceptors (Lipinski definition) is 2. The van der Waals surface area contributed by atoms with Crippen molar-refractivity contribution in [3.05, 3.63) is 125 Å². The Morgan fingerprint density at radius 1 is 1.00 bits per heavy atom. The second kappa shape index (κ2) is 8.27. The third kappa shape index (κ3) is 4.04. The SMILES string of the molecule is C=C/C(C1=NNC(c2ccc(C)cc2)C1)=C(\c1ccccc1)c1cccc(F)c1. The van der Waals surface area contributed by atoms with Crippen LogP contribution in [0.15, 0.2) is 102 Å². The fourth-order valence-electron chi connectivity index (χ4n) is 3.69. The molecule has 1 aliphatic rings. The van der Waals surface area contributed by atoms with Crippen LogP contribution < -0.4 is 5.43 Å². The minimum absolute atomic E-state index is 0.116. The lowest BCUT2D eigenvalue weighted by Gasteiger charge is -2.15. The zero-order valence-electron chi connectivity index (χ0n) is 16.4. The molecule has 1 N–H and O–H groups in total. The minimum Gasteiger partial charge on any atom is -0.302 e. The van der Waals surface area contributed by atoms with E-state index in [0.717, 1.165) is 34.4 Å². The van der Waals surface area contributed by atoms with Crippen molar-refractivity contribution in [1.82, 2.24) is 5.43 Å². The summed E-state index contributed by atoms with van der Waals surface area (Å²) < 4.78 is 14.0. The molecule has 1 unspecified atom stereocenters. The topological polar surface area (TPSA) is 24.4 Å². The molecule has 1 atom stereocenters. The molecule has 2 nitrogen and oxygen atoms in total. The van der Waals surface area contributed by atoms with E-state index in [-0.39, 0.29) is 11.9 Å². The molecule has 0 bridgehead atoms. The predicted octanol–water partition coefficient (Wildman–Crippen LogP) is 6.21. The fourth-order valence-corrected chi connectivity index (χ4v) is 3.69. The van der Waals surface area contributed by atoms with Gasteiger partial charge in [-0.3, -0.25) is 0 Å². The Kier molecular flexibility index (Phi) is 5.39. The van der Waals surface area contributed by atoms with Crippen molar-refractivity contribution in [3.8, 4) is 0 Å². The Morgan fingerprint density at radius 3 is 2.41 bits per heavy atom. The van der Waals surface area contributed by atoms with Crippen molar-refractivity contribution < 1.29 is 4.39 Å². The molecular weight excluding hydrogens is 359 g/mol. The smallest absolute Gasteiger partial charge is 0.123 e. The largest absolute Gasteiger partial charge is 0.302 e. The van der Waals surface area contributed by atoms with E-state index in [2.05, 4.69) is 48.3 Å². The molecule has 0 spiro atoms. The first-order valence-electron chi connectivity index (χ1n) is 9.73. The summed E-state index contributed by atoms with van der Waals surface area (Å²) >= 11 is 0. The number of aryl methyl sites for hydroxylation is 1. The molecule has 4 rings (SSSR count). The van der Waals surface area contributed by atoms with Gasteiger partial charge < -0.3 is 5.43 Å². The van der Waals surface area contributed by atoms with Gasteiger partial charge in [-0.05, 0) is 41.3 Å². The molecule has 3 heteroatoms. The van der Waals surface area contributed by atoms with E-state index in [0.29, 0.717) is 0 Å². The maximum Gasteiger partial charge on any atom is 0.123 e. The molecule has 0 saturated carbocycles. The van der Waals surface area contributed by atoms with Crippen LogP contribution in [0.5, 0.6) is 0 Å². The highest BCUT2D eigenvalue weighted by Gasteiger charge is 2.24. The van der Waals surface area contributed by atoms with Gasteiger partial charge in [0, 0.05) is 12.0 Å². The fraction of sp³-hybridized carbons (Fsp3) is 0.115. The van der Waals surface area contributed by atoms with Crippen LogP contribution in [0, 0.1) is 12.7 Å². The second-order valence-corrected chi connectivity index (χ2v) is 7.22. The number of nitrogens with zero attached hydrogens (tertiary/aromatic N) is 1. The average molecular weight is 382 g/mol. The van der Waals surface area contributed by atoms with Crippen LogP contribution in [0.1, 0.15) is 34.7 Å². The van der Waals surface area contributed by atoms with E-state index in [1.165, 1.54) is 17.2 Å². The summed E-state index contributed by atoms with van der Waals surface area (Å²) in [5.74, 6) is -0.261. The summed E-state index contributed by atoms with van der Waals surface area (Å²) in [6.45, 7) is 6.13. The lowest BCUT2D eigenvalue weighted by Crippen LogP contribution is -2.10. The molecule has 0 radical (unpaired) electrons. The van der Waals surface area contributed by atoms with Gasteiger partial charge in [-0.15, -0.1) is 0 Å². The van der Waals surface area contributed by atoms with Crippen molar-refractivity contribution in [1.29, 1.82) is 0 Å². The first-order valence-corrected chi connectivity index (χ1v) is 9.73. The Morgan fingerprint density at radius 2 is 1.72 bits per heavy atom. The van der Waals surface area contributed by atoms with Gasteiger partial charge in [0.25, 0.3) is 0 Å². The van der Waals surface area contributed by atoms with Crippen LogP contribution >= 0.6 is 0 Å². The van der Waals surface area contributed by atoms with Crippen LogP contribution in [0.3, 0.4) is 0 Å². The zero-order chi connectivity index (χ0) is 20.2. The van der Waals surface area contributed by atoms with Gasteiger partial charge in [-0.25, -0.2) is 4.39 Å². The van der Waals surface area contributed by atoms with Crippen molar-refractivity contribution >= 4 is 11.3 Å². The standard InChI is InChI=1S/C26H23FN2/c1-3-23(25-17-24(28-29-25)19-14-12-18(2)13-15-19)26(20-8-5-4-6-9-20)21-10-7-11-22(27)16-21/h3-16,24,28H,1,17H2,2H3/b26-23-. The normalized spacial score (nSPS) is 16.6. The van der Waals surface area contributed by atoms with Gasteiger partial charge in [-0.1, -0.05) is 84.9 Å². The number of halogens is 1. The third-order valence-electron chi connectivity index (χ3n) is 5.19. The van der Waals surface area contributed by atoms with Crippen LogP contribution in [0.4, 0.5) is 4.39 Å². The lowest BCUT2D eigenvalue weighted by molar-refractivity contribution is 0.620. The van der Waals surface area contributed by atoms with Crippen molar-refractivity contribution in [2.45, 2.75) is 19.4 Å². The van der Waals surface area contributed by atoms with Crippen LogP contribution in [-0.4, -0.2) is 5.71 Å². The first-order chi connectivity index (χ1) is 14.2. The molecule has 3 aromatic carbocycles. The van der Waals surface area contributed by atoms with Crippen LogP contribution in [-0.2, 0) is 0 Å². The highest BCUT2D eigenvalue weighted by molar-refractivity contribution is 6.11. The molecule has 1 heterocycles. The molecule has 29 heavy (non-hydrogen) atoms. The Balaban J connectivity index is 1.77. The molecule has 0 aliphatic carbocycles. The maximum absolute atomic E-state index is 14.0. The molecule has 0 fully saturated rings. The van der Waals surface area contributed by atoms with Gasteiger partial charge in [0.15, 0.2) is 0 Å². The summed E-state index contributed by atoms with van der Waals surface area (Å²) in [6.07, 6.45) is 2.57. The van der Waals surface area contributed by atoms with E-state index in [1.807, 2.05) is 42.5 Å². The van der Waals surface area contributed by atoms with Gasteiger partial charge >= 0.3 is 0 Å². The van der Waals surface area contributed by atoms with Gasteiger partial charge in [0.1, 0.15) is 5.82 Å². The number of rotatable bonds is 5. The van der Waals surface area contributed by atoms with Gasteiger partial charge in [-0.2, -0.15) is 5.10 Å². The summed E-state index contributed by atoms with van der Waals surface area (Å²) in [6, 6.07) is 25.3. The van der Waals surface area contributed by atoms with Crippen molar-refractivity contribution in [2.75, 3.05) is 0 Å². The van der Waals surface area contributed by atoms with Crippen molar-refractivity contribution in [2.24, 2.45) is 5.10 Å². The number of allylic oxidation sites excluding steroid dienone is 2. The molecular formula is C26H23FN2. The predicted molar refractivity (Wildman–Crippen MR) is 118 cm³/mol. The number of hydrogen-bond donors (Lipinski definition) is 1. The van der Waals surface area contributed by atoms with E-state index in [4.69, 9.17) is 0 Å². The lowest BCUT2D eigenvalue weighted by atomic mass is 9.88. The second-order valence-electron chi connectivity index (χ2n) is 7.22. The summed E-state index contributed by atoms with van der Waals surface area (Å²) in [7, 11) is 0. The minimum atomic E-state index is -0.261. The van der Waals surface area contributed by atoms with Crippen LogP contribution in [0.25, 0.3) is 5.57 Å². The molecule has 3 aromatic rings. The number of nitrogens with one attached hydrogen (secondary N) is 1.